The number of rotatable bonds is 7. The van der Waals surface area contributed by atoms with Crippen LogP contribution in [0.25, 0.3) is 11.8 Å². The van der Waals surface area contributed by atoms with E-state index in [0.29, 0.717) is 32.1 Å². The number of thiazole rings is 1. The second kappa shape index (κ2) is 11.6. The van der Waals surface area contributed by atoms with Crippen LogP contribution in [0.2, 0.25) is 0 Å². The van der Waals surface area contributed by atoms with Gasteiger partial charge in [0.2, 0.25) is 0 Å². The fourth-order valence-electron chi connectivity index (χ4n) is 4.49. The summed E-state index contributed by atoms with van der Waals surface area (Å²) in [5.41, 5.74) is 2.82. The molecular weight excluding hydrogens is 627 g/mol. The van der Waals surface area contributed by atoms with Crippen molar-refractivity contribution in [2.45, 2.75) is 13.0 Å². The molecule has 1 atom stereocenters. The van der Waals surface area contributed by atoms with Gasteiger partial charge >= 0.3 is 5.97 Å². The maximum absolute atomic E-state index is 14.0. The van der Waals surface area contributed by atoms with Gasteiger partial charge in [-0.1, -0.05) is 59.9 Å². The Balaban J connectivity index is 1.84. The monoisotopic (exact) mass is 652 g/mol. The lowest BCUT2D eigenvalue weighted by atomic mass is 9.93. The van der Waals surface area contributed by atoms with Crippen molar-refractivity contribution in [3.63, 3.8) is 0 Å². The van der Waals surface area contributed by atoms with Crippen LogP contribution < -0.4 is 24.4 Å². The number of aromatic nitrogens is 1. The Morgan fingerprint density at radius 1 is 1.03 bits per heavy atom. The number of ether oxygens (including phenoxy) is 3. The first kappa shape index (κ1) is 26.9. The molecule has 198 valence electrons. The van der Waals surface area contributed by atoms with E-state index in [-0.39, 0.29) is 17.7 Å². The number of benzene rings is 3. The Morgan fingerprint density at radius 2 is 1.74 bits per heavy atom. The van der Waals surface area contributed by atoms with Crippen LogP contribution in [0.3, 0.4) is 0 Å². The normalized spacial score (nSPS) is 15.0. The lowest BCUT2D eigenvalue weighted by molar-refractivity contribution is -0.138. The van der Waals surface area contributed by atoms with Crippen molar-refractivity contribution in [3.8, 4) is 11.5 Å². The van der Waals surface area contributed by atoms with E-state index in [0.717, 1.165) is 14.7 Å². The molecule has 0 fully saturated rings. The number of methoxy groups -OCH3 is 2. The second-order valence-corrected chi connectivity index (χ2v) is 10.9. The van der Waals surface area contributed by atoms with Gasteiger partial charge in [-0.05, 0) is 71.0 Å². The predicted octanol–water partition coefficient (Wildman–Crippen LogP) is 4.56. The SMILES string of the molecule is CCOC(=O)C1=C(c2ccccc2)N=c2s/c(=C\c3ccc(I)cc3)c(=O)n2[C@@H]1c1ccc(OC)c(OC)c1. The second-order valence-electron chi connectivity index (χ2n) is 8.60. The molecule has 3 aromatic carbocycles. The fourth-order valence-corrected chi connectivity index (χ4v) is 5.85. The van der Waals surface area contributed by atoms with Crippen molar-refractivity contribution in [1.29, 1.82) is 0 Å². The first-order valence-electron chi connectivity index (χ1n) is 12.2. The van der Waals surface area contributed by atoms with E-state index in [9.17, 15) is 9.59 Å². The zero-order chi connectivity index (χ0) is 27.5. The van der Waals surface area contributed by atoms with Gasteiger partial charge in [-0.25, -0.2) is 9.79 Å². The van der Waals surface area contributed by atoms with Crippen LogP contribution in [0.4, 0.5) is 0 Å². The molecule has 1 aromatic heterocycles. The van der Waals surface area contributed by atoms with Crippen LogP contribution in [0.1, 0.15) is 29.7 Å². The van der Waals surface area contributed by atoms with E-state index >= 15 is 0 Å². The number of carbonyl (C=O) groups excluding carboxylic acids is 1. The van der Waals surface area contributed by atoms with Crippen LogP contribution in [0.15, 0.2) is 88.2 Å². The molecule has 4 aromatic rings. The zero-order valence-corrected chi connectivity index (χ0v) is 24.5. The van der Waals surface area contributed by atoms with Gasteiger partial charge in [-0.2, -0.15) is 0 Å². The molecule has 5 rings (SSSR count). The van der Waals surface area contributed by atoms with E-state index in [4.69, 9.17) is 19.2 Å². The molecule has 0 bridgehead atoms. The molecule has 0 saturated heterocycles. The highest BCUT2D eigenvalue weighted by atomic mass is 127. The van der Waals surface area contributed by atoms with Crippen molar-refractivity contribution in [2.24, 2.45) is 4.99 Å². The van der Waals surface area contributed by atoms with Gasteiger partial charge in [0.15, 0.2) is 16.3 Å². The topological polar surface area (TPSA) is 79.1 Å². The first-order chi connectivity index (χ1) is 18.9. The average Bonchev–Trinajstić information content (AvgIpc) is 3.27. The summed E-state index contributed by atoms with van der Waals surface area (Å²) in [5.74, 6) is 0.488. The molecule has 1 aliphatic heterocycles. The lowest BCUT2D eigenvalue weighted by Crippen LogP contribution is -2.40. The maximum Gasteiger partial charge on any atom is 0.338 e. The van der Waals surface area contributed by atoms with Crippen LogP contribution in [-0.4, -0.2) is 31.4 Å². The molecule has 0 spiro atoms. The Bertz CT molecular complexity index is 1740. The highest BCUT2D eigenvalue weighted by Gasteiger charge is 2.35. The Morgan fingerprint density at radius 3 is 2.41 bits per heavy atom. The van der Waals surface area contributed by atoms with Gasteiger partial charge in [0.05, 0.1) is 42.7 Å². The molecule has 39 heavy (non-hydrogen) atoms. The average molecular weight is 653 g/mol. The van der Waals surface area contributed by atoms with Crippen LogP contribution in [0.5, 0.6) is 11.5 Å². The predicted molar refractivity (Wildman–Crippen MR) is 160 cm³/mol. The van der Waals surface area contributed by atoms with E-state index in [1.165, 1.54) is 11.3 Å². The number of esters is 1. The number of hydrogen-bond acceptors (Lipinski definition) is 7. The molecule has 1 aliphatic rings. The molecule has 0 radical (unpaired) electrons. The number of halogens is 1. The fraction of sp³-hybridized carbons (Fsp3) is 0.167. The minimum atomic E-state index is -0.797. The number of fused-ring (bicyclic) bond motifs is 1. The molecule has 2 heterocycles. The standard InChI is InChI=1S/C30H25IN2O5S/c1-4-38-29(35)25-26(19-8-6-5-7-9-19)32-30-33(27(25)20-12-15-22(36-2)23(17-20)37-3)28(34)24(39-30)16-18-10-13-21(31)14-11-18/h5-17,27H,4H2,1-3H3/b24-16-/t27-/m1/s1. The maximum atomic E-state index is 14.0. The van der Waals surface area contributed by atoms with Gasteiger partial charge in [0.25, 0.3) is 5.56 Å². The minimum Gasteiger partial charge on any atom is -0.493 e. The van der Waals surface area contributed by atoms with Crippen LogP contribution >= 0.6 is 33.9 Å². The largest absolute Gasteiger partial charge is 0.493 e. The van der Waals surface area contributed by atoms with Crippen molar-refractivity contribution in [1.82, 2.24) is 4.57 Å². The Labute approximate surface area is 242 Å². The summed E-state index contributed by atoms with van der Waals surface area (Å²) < 4.78 is 19.7. The molecule has 0 aliphatic carbocycles. The first-order valence-corrected chi connectivity index (χ1v) is 14.1. The van der Waals surface area contributed by atoms with E-state index in [1.807, 2.05) is 66.7 Å². The number of carbonyl (C=O) groups is 1. The Kier molecular flexibility index (Phi) is 7.99. The van der Waals surface area contributed by atoms with Gasteiger partial charge in [-0.15, -0.1) is 0 Å². The Hall–Kier alpha value is -3.70. The summed E-state index contributed by atoms with van der Waals surface area (Å²) in [7, 11) is 3.11. The number of nitrogens with zero attached hydrogens (tertiary/aromatic N) is 2. The van der Waals surface area contributed by atoms with E-state index in [1.54, 1.807) is 37.8 Å². The molecule has 7 nitrogen and oxygen atoms in total. The third-order valence-corrected chi connectivity index (χ3v) is 7.97. The third kappa shape index (κ3) is 5.28. The molecule has 0 amide bonds. The third-order valence-electron chi connectivity index (χ3n) is 6.26. The summed E-state index contributed by atoms with van der Waals surface area (Å²) >= 11 is 3.53. The zero-order valence-electron chi connectivity index (χ0n) is 21.5. The minimum absolute atomic E-state index is 0.181. The molecule has 0 unspecified atom stereocenters. The smallest absolute Gasteiger partial charge is 0.338 e. The van der Waals surface area contributed by atoms with Crippen molar-refractivity contribution in [3.05, 3.63) is 118 Å². The summed E-state index contributed by atoms with van der Waals surface area (Å²) in [5, 5.41) is 0. The van der Waals surface area contributed by atoms with Gasteiger partial charge in [0.1, 0.15) is 0 Å². The van der Waals surface area contributed by atoms with Gasteiger partial charge < -0.3 is 14.2 Å². The molecule has 9 heteroatoms. The van der Waals surface area contributed by atoms with Gasteiger partial charge in [-0.3, -0.25) is 9.36 Å². The summed E-state index contributed by atoms with van der Waals surface area (Å²) in [6.45, 7) is 1.93. The van der Waals surface area contributed by atoms with Crippen molar-refractivity contribution >= 4 is 51.7 Å². The summed E-state index contributed by atoms with van der Waals surface area (Å²) in [6, 6.07) is 21.9. The van der Waals surface area contributed by atoms with Crippen LogP contribution in [-0.2, 0) is 9.53 Å². The van der Waals surface area contributed by atoms with Crippen LogP contribution in [0, 0.1) is 3.57 Å². The lowest BCUT2D eigenvalue weighted by Gasteiger charge is -2.26. The van der Waals surface area contributed by atoms with Crippen molar-refractivity contribution in [2.75, 3.05) is 20.8 Å². The highest BCUT2D eigenvalue weighted by Crippen LogP contribution is 2.38. The van der Waals surface area contributed by atoms with E-state index < -0.39 is 12.0 Å². The van der Waals surface area contributed by atoms with Crippen molar-refractivity contribution < 1.29 is 19.0 Å². The quantitative estimate of drug-likeness (QED) is 0.216. The summed E-state index contributed by atoms with van der Waals surface area (Å²) in [6.07, 6.45) is 1.85. The van der Waals surface area contributed by atoms with E-state index in [2.05, 4.69) is 22.6 Å². The molecule has 0 saturated carbocycles. The van der Waals surface area contributed by atoms with Gasteiger partial charge in [0, 0.05) is 9.13 Å². The number of hydrogen-bond donors (Lipinski definition) is 0. The molecule has 0 N–H and O–H groups in total. The molecular formula is C30H25IN2O5S. The summed E-state index contributed by atoms with van der Waals surface area (Å²) in [4.78, 5) is 32.9. The highest BCUT2D eigenvalue weighted by molar-refractivity contribution is 14.1.